The first-order chi connectivity index (χ1) is 14.6. The minimum atomic E-state index is -0.297. The number of nitrogens with one attached hydrogen (secondary N) is 1. The fourth-order valence-corrected chi connectivity index (χ4v) is 3.53. The Morgan fingerprint density at radius 3 is 2.87 bits per heavy atom. The molecule has 0 spiro atoms. The van der Waals surface area contributed by atoms with Crippen molar-refractivity contribution < 1.29 is 9.59 Å². The Balaban J connectivity index is 1.49. The molecule has 0 saturated carbocycles. The maximum absolute atomic E-state index is 13.0. The van der Waals surface area contributed by atoms with Gasteiger partial charge in [0.15, 0.2) is 0 Å². The van der Waals surface area contributed by atoms with Gasteiger partial charge in [-0.25, -0.2) is 4.98 Å². The van der Waals surface area contributed by atoms with Crippen molar-refractivity contribution in [3.05, 3.63) is 83.2 Å². The third-order valence-electron chi connectivity index (χ3n) is 5.12. The number of fused-ring (bicyclic) bond motifs is 1. The zero-order chi connectivity index (χ0) is 21.1. The SMILES string of the molecule is C[C@H]1c2nc(C(=O)NCc3ccccn3)cn2CCN1C(=O)c1cccc(C#N)c1. The molecule has 0 aliphatic carbocycles. The second-order valence-electron chi connectivity index (χ2n) is 7.05. The van der Waals surface area contributed by atoms with Crippen molar-refractivity contribution >= 4 is 11.8 Å². The van der Waals surface area contributed by atoms with E-state index in [1.807, 2.05) is 29.7 Å². The van der Waals surface area contributed by atoms with E-state index in [1.54, 1.807) is 41.6 Å². The largest absolute Gasteiger partial charge is 0.345 e. The number of aromatic nitrogens is 3. The molecule has 2 aromatic heterocycles. The topological polar surface area (TPSA) is 104 Å². The van der Waals surface area contributed by atoms with Gasteiger partial charge in [0.05, 0.1) is 29.9 Å². The zero-order valence-electron chi connectivity index (χ0n) is 16.4. The molecule has 3 heterocycles. The van der Waals surface area contributed by atoms with Crippen molar-refractivity contribution in [3.63, 3.8) is 0 Å². The lowest BCUT2D eigenvalue weighted by molar-refractivity contribution is 0.0638. The van der Waals surface area contributed by atoms with Crippen molar-refractivity contribution in [2.75, 3.05) is 6.54 Å². The van der Waals surface area contributed by atoms with Gasteiger partial charge in [-0.1, -0.05) is 12.1 Å². The first-order valence-electron chi connectivity index (χ1n) is 9.63. The van der Waals surface area contributed by atoms with Gasteiger partial charge in [-0.3, -0.25) is 14.6 Å². The fourth-order valence-electron chi connectivity index (χ4n) is 3.53. The summed E-state index contributed by atoms with van der Waals surface area (Å²) < 4.78 is 1.91. The van der Waals surface area contributed by atoms with Crippen LogP contribution in [0, 0.1) is 11.3 Å². The number of carbonyl (C=O) groups is 2. The molecular weight excluding hydrogens is 380 g/mol. The number of rotatable bonds is 4. The molecule has 150 valence electrons. The second-order valence-corrected chi connectivity index (χ2v) is 7.05. The Kier molecular flexibility index (Phi) is 5.26. The molecular formula is C22H20N6O2. The number of nitriles is 1. The summed E-state index contributed by atoms with van der Waals surface area (Å²) >= 11 is 0. The Morgan fingerprint density at radius 2 is 2.10 bits per heavy atom. The van der Waals surface area contributed by atoms with Gasteiger partial charge in [-0.2, -0.15) is 5.26 Å². The average Bonchev–Trinajstić information content (AvgIpc) is 3.23. The van der Waals surface area contributed by atoms with E-state index >= 15 is 0 Å². The van der Waals surface area contributed by atoms with Crippen LogP contribution in [0.2, 0.25) is 0 Å². The van der Waals surface area contributed by atoms with Crippen molar-refractivity contribution in [2.45, 2.75) is 26.1 Å². The van der Waals surface area contributed by atoms with Gasteiger partial charge in [-0.05, 0) is 37.3 Å². The van der Waals surface area contributed by atoms with E-state index in [0.29, 0.717) is 42.3 Å². The molecule has 1 aliphatic rings. The van der Waals surface area contributed by atoms with Crippen molar-refractivity contribution in [1.82, 2.24) is 24.8 Å². The minimum absolute atomic E-state index is 0.157. The van der Waals surface area contributed by atoms with E-state index < -0.39 is 0 Å². The maximum atomic E-state index is 13.0. The number of nitrogens with zero attached hydrogens (tertiary/aromatic N) is 5. The molecule has 1 aliphatic heterocycles. The van der Waals surface area contributed by atoms with E-state index in [1.165, 1.54) is 0 Å². The third kappa shape index (κ3) is 3.78. The average molecular weight is 400 g/mol. The Morgan fingerprint density at radius 1 is 1.23 bits per heavy atom. The molecule has 4 rings (SSSR count). The Labute approximate surface area is 173 Å². The van der Waals surface area contributed by atoms with Gasteiger partial charge < -0.3 is 14.8 Å². The Bertz CT molecular complexity index is 1130. The molecule has 8 nitrogen and oxygen atoms in total. The molecule has 30 heavy (non-hydrogen) atoms. The van der Waals surface area contributed by atoms with Crippen LogP contribution in [-0.4, -0.2) is 37.8 Å². The molecule has 3 aromatic rings. The summed E-state index contributed by atoms with van der Waals surface area (Å²) in [6.07, 6.45) is 3.40. The third-order valence-corrected chi connectivity index (χ3v) is 5.12. The summed E-state index contributed by atoms with van der Waals surface area (Å²) in [7, 11) is 0. The Hall–Kier alpha value is -3.99. The zero-order valence-corrected chi connectivity index (χ0v) is 16.4. The van der Waals surface area contributed by atoms with E-state index in [-0.39, 0.29) is 17.9 Å². The lowest BCUT2D eigenvalue weighted by Gasteiger charge is -2.33. The number of hydrogen-bond acceptors (Lipinski definition) is 5. The van der Waals surface area contributed by atoms with Crippen LogP contribution >= 0.6 is 0 Å². The summed E-state index contributed by atoms with van der Waals surface area (Å²) in [5.41, 5.74) is 1.99. The maximum Gasteiger partial charge on any atom is 0.271 e. The molecule has 0 fully saturated rings. The lowest BCUT2D eigenvalue weighted by Crippen LogP contribution is -2.41. The summed E-state index contributed by atoms with van der Waals surface area (Å²) in [6, 6.07) is 13.9. The van der Waals surface area contributed by atoms with E-state index in [2.05, 4.69) is 21.4 Å². The molecule has 2 amide bonds. The molecule has 0 unspecified atom stereocenters. The van der Waals surface area contributed by atoms with Crippen LogP contribution in [-0.2, 0) is 13.1 Å². The number of imidazole rings is 1. The highest BCUT2D eigenvalue weighted by Gasteiger charge is 2.31. The quantitative estimate of drug-likeness (QED) is 0.724. The first kappa shape index (κ1) is 19.3. The standard InChI is InChI=1S/C22H20N6O2/c1-15-20-26-19(21(29)25-13-18-7-2-3-8-24-18)14-27(20)9-10-28(15)22(30)17-6-4-5-16(11-17)12-23/h2-8,11,14-15H,9-10,13H2,1H3,(H,25,29)/t15-/m0/s1. The predicted molar refractivity (Wildman–Crippen MR) is 108 cm³/mol. The number of carbonyl (C=O) groups excluding carboxylic acids is 2. The van der Waals surface area contributed by atoms with Crippen LogP contribution in [0.3, 0.4) is 0 Å². The van der Waals surface area contributed by atoms with Gasteiger partial charge in [-0.15, -0.1) is 0 Å². The van der Waals surface area contributed by atoms with Crippen LogP contribution in [0.5, 0.6) is 0 Å². The van der Waals surface area contributed by atoms with Gasteiger partial charge >= 0.3 is 0 Å². The number of amides is 2. The van der Waals surface area contributed by atoms with Crippen LogP contribution in [0.25, 0.3) is 0 Å². The molecule has 1 N–H and O–H groups in total. The molecule has 8 heteroatoms. The molecule has 0 bridgehead atoms. The van der Waals surface area contributed by atoms with E-state index in [4.69, 9.17) is 5.26 Å². The summed E-state index contributed by atoms with van der Waals surface area (Å²) in [5.74, 6) is 0.221. The van der Waals surface area contributed by atoms with Crippen LogP contribution in [0.1, 0.15) is 50.9 Å². The number of pyridine rings is 1. The molecule has 0 radical (unpaired) electrons. The van der Waals surface area contributed by atoms with Crippen molar-refractivity contribution in [1.29, 1.82) is 5.26 Å². The first-order valence-corrected chi connectivity index (χ1v) is 9.63. The lowest BCUT2D eigenvalue weighted by atomic mass is 10.1. The van der Waals surface area contributed by atoms with Crippen LogP contribution in [0.15, 0.2) is 54.9 Å². The summed E-state index contributed by atoms with van der Waals surface area (Å²) in [4.78, 5) is 35.9. The van der Waals surface area contributed by atoms with Crippen LogP contribution < -0.4 is 5.32 Å². The number of hydrogen-bond donors (Lipinski definition) is 1. The highest BCUT2D eigenvalue weighted by molar-refractivity contribution is 5.95. The number of benzene rings is 1. The van der Waals surface area contributed by atoms with E-state index in [9.17, 15) is 9.59 Å². The van der Waals surface area contributed by atoms with Gasteiger partial charge in [0, 0.05) is 31.0 Å². The highest BCUT2D eigenvalue weighted by atomic mass is 16.2. The van der Waals surface area contributed by atoms with E-state index in [0.717, 1.165) is 5.69 Å². The fraction of sp³-hybridized carbons (Fsp3) is 0.227. The van der Waals surface area contributed by atoms with Crippen molar-refractivity contribution in [2.24, 2.45) is 0 Å². The summed E-state index contributed by atoms with van der Waals surface area (Å²) in [6.45, 7) is 3.25. The minimum Gasteiger partial charge on any atom is -0.345 e. The van der Waals surface area contributed by atoms with Crippen LogP contribution in [0.4, 0.5) is 0 Å². The highest BCUT2D eigenvalue weighted by Crippen LogP contribution is 2.26. The summed E-state index contributed by atoms with van der Waals surface area (Å²) in [5, 5.41) is 11.9. The predicted octanol–water partition coefficient (Wildman–Crippen LogP) is 2.30. The van der Waals surface area contributed by atoms with Gasteiger partial charge in [0.2, 0.25) is 0 Å². The second kappa shape index (κ2) is 8.17. The molecule has 1 atom stereocenters. The van der Waals surface area contributed by atoms with Gasteiger partial charge in [0.25, 0.3) is 11.8 Å². The molecule has 0 saturated heterocycles. The monoisotopic (exact) mass is 400 g/mol. The van der Waals surface area contributed by atoms with Crippen molar-refractivity contribution in [3.8, 4) is 6.07 Å². The smallest absolute Gasteiger partial charge is 0.271 e. The normalized spacial score (nSPS) is 15.2. The molecule has 1 aromatic carbocycles. The van der Waals surface area contributed by atoms with Gasteiger partial charge in [0.1, 0.15) is 11.5 Å².